The van der Waals surface area contributed by atoms with Gasteiger partial charge < -0.3 is 25.0 Å². The number of benzene rings is 3. The van der Waals surface area contributed by atoms with E-state index in [9.17, 15) is 19.2 Å². The first-order valence-corrected chi connectivity index (χ1v) is 18.0. The highest BCUT2D eigenvalue weighted by Gasteiger charge is 2.39. The molecule has 0 heterocycles. The average Bonchev–Trinajstić information content (AvgIpc) is 3.04. The van der Waals surface area contributed by atoms with E-state index in [0.29, 0.717) is 12.0 Å². The van der Waals surface area contributed by atoms with Crippen LogP contribution in [0.2, 0.25) is 0 Å². The zero-order valence-electron chi connectivity index (χ0n) is 31.9. The second-order valence-electron chi connectivity index (χ2n) is 15.1. The van der Waals surface area contributed by atoms with Crippen molar-refractivity contribution in [3.05, 3.63) is 107 Å². The molecular formula is C42H57N3O6. The lowest BCUT2D eigenvalue weighted by molar-refractivity contribution is -0.159. The van der Waals surface area contributed by atoms with Gasteiger partial charge in [-0.1, -0.05) is 98.6 Å². The topological polar surface area (TPSA) is 114 Å². The predicted molar refractivity (Wildman–Crippen MR) is 201 cm³/mol. The molecule has 0 saturated carbocycles. The molecule has 3 unspecified atom stereocenters. The molecule has 2 N–H and O–H groups in total. The van der Waals surface area contributed by atoms with Gasteiger partial charge in [0.1, 0.15) is 29.3 Å². The van der Waals surface area contributed by atoms with E-state index in [2.05, 4.69) is 17.6 Å². The lowest BCUT2D eigenvalue weighted by atomic mass is 9.92. The summed E-state index contributed by atoms with van der Waals surface area (Å²) in [5, 5.41) is 5.83. The van der Waals surface area contributed by atoms with E-state index < -0.39 is 53.2 Å². The van der Waals surface area contributed by atoms with Crippen LogP contribution < -0.4 is 10.6 Å². The molecule has 0 aromatic heterocycles. The molecule has 0 spiro atoms. The largest absolute Gasteiger partial charge is 0.458 e. The quantitative estimate of drug-likeness (QED) is 0.125. The second kappa shape index (κ2) is 18.5. The third-order valence-corrected chi connectivity index (χ3v) is 8.22. The average molecular weight is 700 g/mol. The molecule has 0 radical (unpaired) electrons. The van der Waals surface area contributed by atoms with Crippen LogP contribution in [0.15, 0.2) is 78.9 Å². The first-order chi connectivity index (χ1) is 24.0. The monoisotopic (exact) mass is 699 g/mol. The smallest absolute Gasteiger partial charge is 0.408 e. The number of alkyl carbamates (subject to hydrolysis) is 1. The number of amides is 3. The molecule has 0 fully saturated rings. The summed E-state index contributed by atoms with van der Waals surface area (Å²) in [6.45, 7) is 16.8. The minimum Gasteiger partial charge on any atom is -0.458 e. The van der Waals surface area contributed by atoms with Crippen LogP contribution >= 0.6 is 0 Å². The van der Waals surface area contributed by atoms with Gasteiger partial charge in [0.2, 0.25) is 11.8 Å². The maximum absolute atomic E-state index is 15.0. The number of hydrogen-bond donors (Lipinski definition) is 2. The van der Waals surface area contributed by atoms with Crippen LogP contribution in [0.5, 0.6) is 0 Å². The summed E-state index contributed by atoms with van der Waals surface area (Å²) in [4.78, 5) is 58.3. The van der Waals surface area contributed by atoms with Gasteiger partial charge >= 0.3 is 12.1 Å². The van der Waals surface area contributed by atoms with Gasteiger partial charge in [-0.05, 0) is 89.6 Å². The Bertz CT molecular complexity index is 1570. The van der Waals surface area contributed by atoms with Gasteiger partial charge in [0, 0.05) is 19.4 Å². The first-order valence-electron chi connectivity index (χ1n) is 18.0. The molecule has 9 heteroatoms. The molecule has 0 aliphatic heterocycles. The summed E-state index contributed by atoms with van der Waals surface area (Å²) in [5.41, 5.74) is 2.40. The van der Waals surface area contributed by atoms with Gasteiger partial charge in [0.05, 0.1) is 0 Å². The first kappa shape index (κ1) is 40.8. The Hall–Kier alpha value is -4.66. The predicted octanol–water partition coefficient (Wildman–Crippen LogP) is 7.57. The van der Waals surface area contributed by atoms with Crippen LogP contribution in [-0.2, 0) is 36.7 Å². The molecule has 0 aliphatic carbocycles. The summed E-state index contributed by atoms with van der Waals surface area (Å²) < 4.78 is 11.4. The summed E-state index contributed by atoms with van der Waals surface area (Å²) >= 11 is 0. The van der Waals surface area contributed by atoms with E-state index in [4.69, 9.17) is 9.47 Å². The maximum atomic E-state index is 15.0. The Balaban J connectivity index is 2.16. The zero-order chi connectivity index (χ0) is 37.8. The van der Waals surface area contributed by atoms with Crippen LogP contribution in [0.4, 0.5) is 4.79 Å². The van der Waals surface area contributed by atoms with Gasteiger partial charge in [0.15, 0.2) is 0 Å². The Morgan fingerprint density at radius 3 is 1.67 bits per heavy atom. The third-order valence-electron chi connectivity index (χ3n) is 8.22. The molecule has 0 bridgehead atoms. The number of hydrogen-bond acceptors (Lipinski definition) is 6. The molecular weight excluding hydrogens is 642 g/mol. The maximum Gasteiger partial charge on any atom is 0.408 e. The molecule has 276 valence electrons. The number of esters is 1. The Labute approximate surface area is 304 Å². The standard InChI is InChI=1S/C42H57N3O6/c1-10-11-18-26-45(38(47)33(27-31-22-14-12-15-23-31)44-40(49)51-42(7,8)9)36(35-29(2)20-19-21-30(35)3)37(46)43-34(39(48)50-41(4,5)6)28-32-24-16-13-17-25-32/h12-17,19-25,33-34,36H,10-11,18,26-28H2,1-9H3,(H,43,46)(H,44,49). The SMILES string of the molecule is CCCCCN(C(=O)C(Cc1ccccc1)NC(=O)OC(C)(C)C)C(C(=O)NC(Cc1ccccc1)C(=O)OC(C)(C)C)c1c(C)cccc1C. The van der Waals surface area contributed by atoms with Gasteiger partial charge in [-0.2, -0.15) is 0 Å². The number of unbranched alkanes of at least 4 members (excludes halogenated alkanes) is 2. The Morgan fingerprint density at radius 2 is 1.18 bits per heavy atom. The minimum atomic E-state index is -1.12. The highest BCUT2D eigenvalue weighted by atomic mass is 16.6. The fraction of sp³-hybridized carbons (Fsp3) is 0.476. The normalized spacial score (nSPS) is 13.4. The third kappa shape index (κ3) is 13.2. The number of nitrogens with one attached hydrogen (secondary N) is 2. The molecule has 9 nitrogen and oxygen atoms in total. The molecule has 0 saturated heterocycles. The van der Waals surface area contributed by atoms with Crippen LogP contribution in [0.1, 0.15) is 102 Å². The second-order valence-corrected chi connectivity index (χ2v) is 15.1. The van der Waals surface area contributed by atoms with Crippen molar-refractivity contribution < 1.29 is 28.7 Å². The van der Waals surface area contributed by atoms with Gasteiger partial charge in [0.25, 0.3) is 0 Å². The number of aryl methyl sites for hydroxylation is 2. The van der Waals surface area contributed by atoms with Gasteiger partial charge in [-0.25, -0.2) is 9.59 Å². The van der Waals surface area contributed by atoms with E-state index in [1.807, 2.05) is 92.7 Å². The molecule has 3 amide bonds. The fourth-order valence-corrected chi connectivity index (χ4v) is 5.95. The molecule has 51 heavy (non-hydrogen) atoms. The fourth-order valence-electron chi connectivity index (χ4n) is 5.95. The highest BCUT2D eigenvalue weighted by Crippen LogP contribution is 2.30. The van der Waals surface area contributed by atoms with Crippen molar-refractivity contribution in [1.82, 2.24) is 15.5 Å². The number of carbonyl (C=O) groups excluding carboxylic acids is 4. The number of rotatable bonds is 15. The van der Waals surface area contributed by atoms with Crippen molar-refractivity contribution in [3.8, 4) is 0 Å². The Morgan fingerprint density at radius 1 is 0.667 bits per heavy atom. The summed E-state index contributed by atoms with van der Waals surface area (Å²) in [6, 6.07) is 21.4. The van der Waals surface area contributed by atoms with E-state index in [1.54, 1.807) is 46.4 Å². The van der Waals surface area contributed by atoms with Crippen molar-refractivity contribution in [2.45, 2.75) is 124 Å². The van der Waals surface area contributed by atoms with E-state index in [-0.39, 0.29) is 19.4 Å². The lowest BCUT2D eigenvalue weighted by Gasteiger charge is -2.36. The van der Waals surface area contributed by atoms with Crippen molar-refractivity contribution in [1.29, 1.82) is 0 Å². The Kier molecular flexibility index (Phi) is 14.8. The number of ether oxygens (including phenoxy) is 2. The van der Waals surface area contributed by atoms with Crippen molar-refractivity contribution >= 4 is 23.9 Å². The number of carbonyl (C=O) groups is 4. The molecule has 3 rings (SSSR count). The van der Waals surface area contributed by atoms with E-state index >= 15 is 0 Å². The molecule has 0 aliphatic rings. The van der Waals surface area contributed by atoms with E-state index in [0.717, 1.165) is 35.1 Å². The van der Waals surface area contributed by atoms with Gasteiger partial charge in [-0.15, -0.1) is 0 Å². The summed E-state index contributed by atoms with van der Waals surface area (Å²) in [7, 11) is 0. The molecule has 3 atom stereocenters. The van der Waals surface area contributed by atoms with Crippen molar-refractivity contribution in [2.75, 3.05) is 6.54 Å². The van der Waals surface area contributed by atoms with Gasteiger partial charge in [-0.3, -0.25) is 9.59 Å². The minimum absolute atomic E-state index is 0.179. The van der Waals surface area contributed by atoms with Crippen molar-refractivity contribution in [2.24, 2.45) is 0 Å². The van der Waals surface area contributed by atoms with E-state index in [1.165, 1.54) is 0 Å². The van der Waals surface area contributed by atoms with Crippen LogP contribution in [0, 0.1) is 13.8 Å². The number of nitrogens with zero attached hydrogens (tertiary/aromatic N) is 1. The van der Waals surface area contributed by atoms with Crippen molar-refractivity contribution in [3.63, 3.8) is 0 Å². The van der Waals surface area contributed by atoms with Crippen LogP contribution in [0.25, 0.3) is 0 Å². The zero-order valence-corrected chi connectivity index (χ0v) is 31.9. The molecule has 3 aromatic carbocycles. The summed E-state index contributed by atoms with van der Waals surface area (Å²) in [5.74, 6) is -1.52. The summed E-state index contributed by atoms with van der Waals surface area (Å²) in [6.07, 6.45) is 1.99. The molecule has 3 aromatic rings. The lowest BCUT2D eigenvalue weighted by Crippen LogP contribution is -2.56. The van der Waals surface area contributed by atoms with Crippen LogP contribution in [0.3, 0.4) is 0 Å². The van der Waals surface area contributed by atoms with Crippen LogP contribution in [-0.4, -0.2) is 58.6 Å². The highest BCUT2D eigenvalue weighted by molar-refractivity contribution is 5.94.